The molecule has 0 saturated carbocycles. The Hall–Kier alpha value is -1.82. The number of nitrogens with one attached hydrogen (secondary N) is 1. The summed E-state index contributed by atoms with van der Waals surface area (Å²) in [6, 6.07) is 4.71. The SMILES string of the molecule is COc1cc(NCCCC(C)CO)ccc1[N+](=O)[O-]. The summed E-state index contributed by atoms with van der Waals surface area (Å²) in [6.07, 6.45) is 1.87. The number of benzene rings is 1. The fraction of sp³-hybridized carbons (Fsp3) is 0.538. The van der Waals surface area contributed by atoms with Crippen LogP contribution < -0.4 is 10.1 Å². The minimum absolute atomic E-state index is 0.0399. The molecular formula is C13H20N2O4. The van der Waals surface area contributed by atoms with Gasteiger partial charge in [-0.05, 0) is 24.8 Å². The summed E-state index contributed by atoms with van der Waals surface area (Å²) in [5.74, 6) is 0.548. The first-order valence-electron chi connectivity index (χ1n) is 6.25. The summed E-state index contributed by atoms with van der Waals surface area (Å²) < 4.78 is 4.99. The predicted molar refractivity (Wildman–Crippen MR) is 73.6 cm³/mol. The monoisotopic (exact) mass is 268 g/mol. The van der Waals surface area contributed by atoms with E-state index in [2.05, 4.69) is 5.32 Å². The fourth-order valence-electron chi connectivity index (χ4n) is 1.71. The zero-order valence-electron chi connectivity index (χ0n) is 11.3. The third-order valence-corrected chi connectivity index (χ3v) is 2.89. The van der Waals surface area contributed by atoms with Gasteiger partial charge in [0.15, 0.2) is 5.75 Å². The molecule has 1 aromatic rings. The normalized spacial score (nSPS) is 11.9. The maximum absolute atomic E-state index is 10.7. The summed E-state index contributed by atoms with van der Waals surface area (Å²) in [5, 5.41) is 22.8. The number of hydrogen-bond donors (Lipinski definition) is 2. The van der Waals surface area contributed by atoms with E-state index in [9.17, 15) is 10.1 Å². The quantitative estimate of drug-likeness (QED) is 0.429. The molecule has 1 unspecified atom stereocenters. The smallest absolute Gasteiger partial charge is 0.311 e. The van der Waals surface area contributed by atoms with Crippen molar-refractivity contribution in [3.05, 3.63) is 28.3 Å². The zero-order valence-corrected chi connectivity index (χ0v) is 11.3. The van der Waals surface area contributed by atoms with E-state index in [0.717, 1.165) is 25.1 Å². The molecule has 1 aromatic carbocycles. The number of anilines is 1. The molecule has 2 N–H and O–H groups in total. The minimum Gasteiger partial charge on any atom is -0.490 e. The van der Waals surface area contributed by atoms with Crippen LogP contribution >= 0.6 is 0 Å². The number of nitro groups is 1. The highest BCUT2D eigenvalue weighted by molar-refractivity contribution is 5.57. The Morgan fingerprint density at radius 3 is 2.84 bits per heavy atom. The first-order chi connectivity index (χ1) is 9.08. The van der Waals surface area contributed by atoms with Crippen molar-refractivity contribution in [2.45, 2.75) is 19.8 Å². The maximum Gasteiger partial charge on any atom is 0.311 e. The Balaban J connectivity index is 2.53. The highest BCUT2D eigenvalue weighted by Gasteiger charge is 2.14. The molecule has 0 bridgehead atoms. The second kappa shape index (κ2) is 7.58. The van der Waals surface area contributed by atoms with Crippen molar-refractivity contribution in [1.29, 1.82) is 0 Å². The van der Waals surface area contributed by atoms with E-state index in [-0.39, 0.29) is 18.0 Å². The van der Waals surface area contributed by atoms with Gasteiger partial charge in [-0.2, -0.15) is 0 Å². The number of hydrogen-bond acceptors (Lipinski definition) is 5. The second-order valence-corrected chi connectivity index (χ2v) is 4.50. The van der Waals surface area contributed by atoms with Crippen LogP contribution in [0.4, 0.5) is 11.4 Å². The standard InChI is InChI=1S/C13H20N2O4/c1-10(9-16)4-3-7-14-11-5-6-12(15(17)18)13(8-11)19-2/h5-6,8,10,14,16H,3-4,7,9H2,1-2H3. The van der Waals surface area contributed by atoms with Gasteiger partial charge in [-0.3, -0.25) is 10.1 Å². The molecule has 19 heavy (non-hydrogen) atoms. The Labute approximate surface area is 112 Å². The molecule has 0 spiro atoms. The van der Waals surface area contributed by atoms with Crippen LogP contribution in [0.15, 0.2) is 18.2 Å². The van der Waals surface area contributed by atoms with Crippen LogP contribution in [0.25, 0.3) is 0 Å². The molecule has 1 rings (SSSR count). The molecule has 6 nitrogen and oxygen atoms in total. The average Bonchev–Trinajstić information content (AvgIpc) is 2.42. The van der Waals surface area contributed by atoms with E-state index in [1.807, 2.05) is 6.92 Å². The second-order valence-electron chi connectivity index (χ2n) is 4.50. The van der Waals surface area contributed by atoms with Crippen molar-refractivity contribution >= 4 is 11.4 Å². The average molecular weight is 268 g/mol. The largest absolute Gasteiger partial charge is 0.490 e. The minimum atomic E-state index is -0.467. The summed E-state index contributed by atoms with van der Waals surface area (Å²) in [5.41, 5.74) is 0.751. The van der Waals surface area contributed by atoms with Gasteiger partial charge in [-0.1, -0.05) is 6.92 Å². The molecule has 0 amide bonds. The van der Waals surface area contributed by atoms with Gasteiger partial charge in [-0.25, -0.2) is 0 Å². The summed E-state index contributed by atoms with van der Waals surface area (Å²) >= 11 is 0. The lowest BCUT2D eigenvalue weighted by molar-refractivity contribution is -0.385. The molecule has 6 heteroatoms. The van der Waals surface area contributed by atoms with Crippen molar-refractivity contribution in [1.82, 2.24) is 0 Å². The lowest BCUT2D eigenvalue weighted by Gasteiger charge is -2.10. The van der Waals surface area contributed by atoms with Crippen molar-refractivity contribution in [3.63, 3.8) is 0 Å². The molecule has 0 saturated heterocycles. The van der Waals surface area contributed by atoms with E-state index in [4.69, 9.17) is 9.84 Å². The number of ether oxygens (including phenoxy) is 1. The van der Waals surface area contributed by atoms with E-state index in [1.165, 1.54) is 13.2 Å². The summed E-state index contributed by atoms with van der Waals surface area (Å²) in [7, 11) is 1.41. The van der Waals surface area contributed by atoms with Crippen LogP contribution in [0, 0.1) is 16.0 Å². The topological polar surface area (TPSA) is 84.6 Å². The van der Waals surface area contributed by atoms with Gasteiger partial charge in [0.1, 0.15) is 0 Å². The maximum atomic E-state index is 10.7. The molecule has 0 aliphatic rings. The number of nitrogens with zero attached hydrogens (tertiary/aromatic N) is 1. The molecule has 0 aliphatic carbocycles. The van der Waals surface area contributed by atoms with Gasteiger partial charge in [0.2, 0.25) is 0 Å². The van der Waals surface area contributed by atoms with Gasteiger partial charge in [0.05, 0.1) is 12.0 Å². The summed E-state index contributed by atoms with van der Waals surface area (Å²) in [4.78, 5) is 10.3. The van der Waals surface area contributed by atoms with E-state index >= 15 is 0 Å². The number of rotatable bonds is 8. The van der Waals surface area contributed by atoms with Crippen LogP contribution in [0.5, 0.6) is 5.75 Å². The molecule has 0 radical (unpaired) electrons. The van der Waals surface area contributed by atoms with Gasteiger partial charge in [0, 0.05) is 31.0 Å². The van der Waals surface area contributed by atoms with Crippen molar-refractivity contribution < 1.29 is 14.8 Å². The van der Waals surface area contributed by atoms with Crippen LogP contribution in [0.2, 0.25) is 0 Å². The summed E-state index contributed by atoms with van der Waals surface area (Å²) in [6.45, 7) is 2.95. The van der Waals surface area contributed by atoms with Gasteiger partial charge < -0.3 is 15.2 Å². The Morgan fingerprint density at radius 2 is 2.26 bits per heavy atom. The Morgan fingerprint density at radius 1 is 1.53 bits per heavy atom. The van der Waals surface area contributed by atoms with Crippen molar-refractivity contribution in [2.24, 2.45) is 5.92 Å². The van der Waals surface area contributed by atoms with Gasteiger partial charge in [-0.15, -0.1) is 0 Å². The molecule has 0 heterocycles. The lowest BCUT2D eigenvalue weighted by atomic mass is 10.1. The Kier molecular flexibility index (Phi) is 6.08. The van der Waals surface area contributed by atoms with Crippen LogP contribution in [-0.4, -0.2) is 30.3 Å². The molecule has 1 atom stereocenters. The first-order valence-corrected chi connectivity index (χ1v) is 6.25. The third-order valence-electron chi connectivity index (χ3n) is 2.89. The lowest BCUT2D eigenvalue weighted by Crippen LogP contribution is -2.06. The number of nitro benzene ring substituents is 1. The van der Waals surface area contributed by atoms with Crippen LogP contribution in [0.3, 0.4) is 0 Å². The van der Waals surface area contributed by atoms with Crippen molar-refractivity contribution in [3.8, 4) is 5.75 Å². The molecule has 0 aliphatic heterocycles. The highest BCUT2D eigenvalue weighted by atomic mass is 16.6. The van der Waals surface area contributed by atoms with Crippen LogP contribution in [-0.2, 0) is 0 Å². The molecule has 0 aromatic heterocycles. The molecular weight excluding hydrogens is 248 g/mol. The van der Waals surface area contributed by atoms with E-state index in [0.29, 0.717) is 5.92 Å². The predicted octanol–water partition coefficient (Wildman–Crippen LogP) is 2.42. The number of aliphatic hydroxyl groups excluding tert-OH is 1. The first kappa shape index (κ1) is 15.2. The van der Waals surface area contributed by atoms with Gasteiger partial charge in [0.25, 0.3) is 0 Å². The number of methoxy groups -OCH3 is 1. The van der Waals surface area contributed by atoms with E-state index in [1.54, 1.807) is 12.1 Å². The molecule has 106 valence electrons. The van der Waals surface area contributed by atoms with Crippen LogP contribution in [0.1, 0.15) is 19.8 Å². The number of aliphatic hydroxyl groups is 1. The Bertz CT molecular complexity index is 423. The zero-order chi connectivity index (χ0) is 14.3. The van der Waals surface area contributed by atoms with Gasteiger partial charge >= 0.3 is 5.69 Å². The molecule has 0 fully saturated rings. The van der Waals surface area contributed by atoms with E-state index < -0.39 is 4.92 Å². The highest BCUT2D eigenvalue weighted by Crippen LogP contribution is 2.29. The fourth-order valence-corrected chi connectivity index (χ4v) is 1.71. The van der Waals surface area contributed by atoms with Crippen molar-refractivity contribution in [2.75, 3.05) is 25.6 Å². The third kappa shape index (κ3) is 4.75.